The van der Waals surface area contributed by atoms with Crippen LogP contribution in [-0.2, 0) is 0 Å². The highest BCUT2D eigenvalue weighted by Gasteiger charge is 2.15. The molecule has 0 saturated carbocycles. The van der Waals surface area contributed by atoms with Crippen molar-refractivity contribution in [1.29, 1.82) is 0 Å². The van der Waals surface area contributed by atoms with E-state index in [1.807, 2.05) is 0 Å². The zero-order chi connectivity index (χ0) is 11.4. The molecule has 1 atom stereocenters. The van der Waals surface area contributed by atoms with Gasteiger partial charge in [-0.15, -0.1) is 6.58 Å². The van der Waals surface area contributed by atoms with Crippen molar-refractivity contribution in [2.24, 2.45) is 5.73 Å². The highest BCUT2D eigenvalue weighted by molar-refractivity contribution is 5.40. The summed E-state index contributed by atoms with van der Waals surface area (Å²) in [6.45, 7) is 3.60. The Morgan fingerprint density at radius 3 is 2.81 bits per heavy atom. The Hall–Kier alpha value is -2.08. The molecule has 82 valence electrons. The molecular formula is C10H11N5O. The molecule has 16 heavy (non-hydrogen) atoms. The molecule has 2 aromatic heterocycles. The predicted molar refractivity (Wildman–Crippen MR) is 57.1 cm³/mol. The SMILES string of the molecule is C=CCC(N)c1nc(-c2ncccn2)no1. The van der Waals surface area contributed by atoms with Gasteiger partial charge in [-0.3, -0.25) is 0 Å². The summed E-state index contributed by atoms with van der Waals surface area (Å²) in [5, 5.41) is 3.76. The van der Waals surface area contributed by atoms with E-state index in [-0.39, 0.29) is 6.04 Å². The first-order chi connectivity index (χ1) is 7.81. The molecule has 0 aliphatic carbocycles. The number of nitrogens with two attached hydrogens (primary N) is 1. The first kappa shape index (κ1) is 10.4. The molecule has 0 amide bonds. The van der Waals surface area contributed by atoms with E-state index in [1.165, 1.54) is 0 Å². The monoisotopic (exact) mass is 217 g/mol. The van der Waals surface area contributed by atoms with Gasteiger partial charge in [-0.1, -0.05) is 11.2 Å². The fraction of sp³-hybridized carbons (Fsp3) is 0.200. The van der Waals surface area contributed by atoms with Gasteiger partial charge in [0.25, 0.3) is 0 Å². The summed E-state index contributed by atoms with van der Waals surface area (Å²) in [4.78, 5) is 12.1. The molecule has 2 N–H and O–H groups in total. The molecule has 0 aromatic carbocycles. The highest BCUT2D eigenvalue weighted by Crippen LogP contribution is 2.15. The van der Waals surface area contributed by atoms with Crippen LogP contribution in [0.2, 0.25) is 0 Å². The van der Waals surface area contributed by atoms with Crippen LogP contribution < -0.4 is 5.73 Å². The lowest BCUT2D eigenvalue weighted by molar-refractivity contribution is 0.355. The second-order valence-corrected chi connectivity index (χ2v) is 3.16. The average Bonchev–Trinajstić information content (AvgIpc) is 2.80. The number of nitrogens with zero attached hydrogens (tertiary/aromatic N) is 4. The Kier molecular flexibility index (Phi) is 3.02. The van der Waals surface area contributed by atoms with E-state index >= 15 is 0 Å². The number of hydrogen-bond donors (Lipinski definition) is 1. The van der Waals surface area contributed by atoms with Crippen molar-refractivity contribution in [1.82, 2.24) is 20.1 Å². The Morgan fingerprint density at radius 1 is 1.38 bits per heavy atom. The Balaban J connectivity index is 2.23. The Bertz CT molecular complexity index is 467. The van der Waals surface area contributed by atoms with Crippen LogP contribution in [0.1, 0.15) is 18.4 Å². The van der Waals surface area contributed by atoms with Crippen LogP contribution in [0.4, 0.5) is 0 Å². The van der Waals surface area contributed by atoms with Gasteiger partial charge in [-0.05, 0) is 12.5 Å². The quantitative estimate of drug-likeness (QED) is 0.771. The Morgan fingerprint density at radius 2 is 2.12 bits per heavy atom. The standard InChI is InChI=1S/C10H11N5O/c1-2-4-7(11)10-14-9(15-16-10)8-12-5-3-6-13-8/h2-3,5-7H,1,4,11H2. The summed E-state index contributed by atoms with van der Waals surface area (Å²) in [5.41, 5.74) is 5.79. The minimum atomic E-state index is -0.331. The van der Waals surface area contributed by atoms with Crippen LogP contribution in [0.5, 0.6) is 0 Å². The molecule has 0 spiro atoms. The minimum absolute atomic E-state index is 0.331. The summed E-state index contributed by atoms with van der Waals surface area (Å²) in [6.07, 6.45) is 5.51. The summed E-state index contributed by atoms with van der Waals surface area (Å²) in [7, 11) is 0. The molecule has 2 heterocycles. The van der Waals surface area contributed by atoms with E-state index in [0.717, 1.165) is 0 Å². The van der Waals surface area contributed by atoms with Crippen LogP contribution in [0.3, 0.4) is 0 Å². The fourth-order valence-corrected chi connectivity index (χ4v) is 1.17. The van der Waals surface area contributed by atoms with E-state index in [1.54, 1.807) is 24.5 Å². The maximum Gasteiger partial charge on any atom is 0.244 e. The van der Waals surface area contributed by atoms with E-state index in [9.17, 15) is 0 Å². The van der Waals surface area contributed by atoms with Gasteiger partial charge in [-0.25, -0.2) is 9.97 Å². The maximum atomic E-state index is 5.79. The second kappa shape index (κ2) is 4.63. The lowest BCUT2D eigenvalue weighted by Crippen LogP contribution is -2.09. The van der Waals surface area contributed by atoms with Crippen LogP contribution in [0.25, 0.3) is 11.6 Å². The summed E-state index contributed by atoms with van der Waals surface area (Å²) in [5.74, 6) is 1.13. The van der Waals surface area contributed by atoms with Gasteiger partial charge in [0.05, 0.1) is 6.04 Å². The lowest BCUT2D eigenvalue weighted by atomic mass is 10.2. The van der Waals surface area contributed by atoms with E-state index in [4.69, 9.17) is 10.3 Å². The maximum absolute atomic E-state index is 5.79. The van der Waals surface area contributed by atoms with Crippen molar-refractivity contribution in [2.75, 3.05) is 0 Å². The molecule has 6 nitrogen and oxygen atoms in total. The number of hydrogen-bond acceptors (Lipinski definition) is 6. The first-order valence-electron chi connectivity index (χ1n) is 4.78. The topological polar surface area (TPSA) is 90.7 Å². The molecular weight excluding hydrogens is 206 g/mol. The van der Waals surface area contributed by atoms with Crippen molar-refractivity contribution < 1.29 is 4.52 Å². The van der Waals surface area contributed by atoms with E-state index in [0.29, 0.717) is 24.0 Å². The van der Waals surface area contributed by atoms with Gasteiger partial charge in [0, 0.05) is 12.4 Å². The zero-order valence-corrected chi connectivity index (χ0v) is 8.58. The molecule has 2 rings (SSSR count). The molecule has 0 saturated heterocycles. The summed E-state index contributed by atoms with van der Waals surface area (Å²) >= 11 is 0. The Labute approximate surface area is 92.2 Å². The number of aromatic nitrogens is 4. The zero-order valence-electron chi connectivity index (χ0n) is 8.58. The third-order valence-corrected chi connectivity index (χ3v) is 1.95. The largest absolute Gasteiger partial charge is 0.337 e. The summed E-state index contributed by atoms with van der Waals surface area (Å²) < 4.78 is 5.02. The average molecular weight is 217 g/mol. The van der Waals surface area contributed by atoms with Crippen molar-refractivity contribution in [3.8, 4) is 11.6 Å². The molecule has 6 heteroatoms. The first-order valence-corrected chi connectivity index (χ1v) is 4.78. The molecule has 0 aliphatic rings. The molecule has 0 radical (unpaired) electrons. The molecule has 2 aromatic rings. The second-order valence-electron chi connectivity index (χ2n) is 3.16. The van der Waals surface area contributed by atoms with Gasteiger partial charge in [-0.2, -0.15) is 4.98 Å². The van der Waals surface area contributed by atoms with Gasteiger partial charge >= 0.3 is 0 Å². The van der Waals surface area contributed by atoms with Crippen molar-refractivity contribution in [3.63, 3.8) is 0 Å². The normalized spacial score (nSPS) is 12.3. The molecule has 0 aliphatic heterocycles. The lowest BCUT2D eigenvalue weighted by Gasteiger charge is -1.99. The van der Waals surface area contributed by atoms with Crippen LogP contribution >= 0.6 is 0 Å². The van der Waals surface area contributed by atoms with Gasteiger partial charge in [0.1, 0.15) is 0 Å². The molecule has 1 unspecified atom stereocenters. The van der Waals surface area contributed by atoms with Gasteiger partial charge in [0.2, 0.25) is 17.5 Å². The predicted octanol–water partition coefficient (Wildman–Crippen LogP) is 1.10. The molecule has 0 fully saturated rings. The highest BCUT2D eigenvalue weighted by atomic mass is 16.5. The van der Waals surface area contributed by atoms with Crippen LogP contribution in [0, 0.1) is 0 Å². The van der Waals surface area contributed by atoms with Crippen LogP contribution in [-0.4, -0.2) is 20.1 Å². The minimum Gasteiger partial charge on any atom is -0.337 e. The van der Waals surface area contributed by atoms with Crippen molar-refractivity contribution >= 4 is 0 Å². The van der Waals surface area contributed by atoms with Crippen molar-refractivity contribution in [3.05, 3.63) is 37.0 Å². The van der Waals surface area contributed by atoms with E-state index in [2.05, 4.69) is 26.7 Å². The smallest absolute Gasteiger partial charge is 0.244 e. The third kappa shape index (κ3) is 2.12. The number of rotatable bonds is 4. The molecule has 0 bridgehead atoms. The van der Waals surface area contributed by atoms with Crippen LogP contribution in [0.15, 0.2) is 35.6 Å². The van der Waals surface area contributed by atoms with Gasteiger partial charge in [0.15, 0.2) is 0 Å². The van der Waals surface area contributed by atoms with Crippen molar-refractivity contribution in [2.45, 2.75) is 12.5 Å². The third-order valence-electron chi connectivity index (χ3n) is 1.95. The fourth-order valence-electron chi connectivity index (χ4n) is 1.17. The van der Waals surface area contributed by atoms with Gasteiger partial charge < -0.3 is 10.3 Å². The summed E-state index contributed by atoms with van der Waals surface area (Å²) in [6, 6.07) is 1.39. The van der Waals surface area contributed by atoms with E-state index < -0.39 is 0 Å².